The predicted octanol–water partition coefficient (Wildman–Crippen LogP) is 2.50. The SMILES string of the molecule is O=C(O)c1ccc(C(=O)C2Cc3ccccc32)o1. The summed E-state index contributed by atoms with van der Waals surface area (Å²) in [7, 11) is 0. The summed E-state index contributed by atoms with van der Waals surface area (Å²) < 4.78 is 5.03. The number of benzene rings is 1. The normalized spacial score (nSPS) is 16.8. The third kappa shape index (κ3) is 1.54. The maximum atomic E-state index is 12.1. The van der Waals surface area contributed by atoms with Crippen LogP contribution in [0.1, 0.15) is 38.2 Å². The molecule has 90 valence electrons. The second kappa shape index (κ2) is 3.84. The van der Waals surface area contributed by atoms with Crippen molar-refractivity contribution in [3.63, 3.8) is 0 Å². The molecule has 1 aliphatic rings. The molecular weight excluding hydrogens is 232 g/mol. The molecule has 0 radical (unpaired) electrons. The number of carboxylic acid groups (broad SMARTS) is 1. The molecule has 18 heavy (non-hydrogen) atoms. The van der Waals surface area contributed by atoms with Crippen molar-refractivity contribution in [2.24, 2.45) is 0 Å². The van der Waals surface area contributed by atoms with Crippen LogP contribution in [0.4, 0.5) is 0 Å². The first kappa shape index (κ1) is 10.8. The molecule has 1 heterocycles. The van der Waals surface area contributed by atoms with E-state index in [9.17, 15) is 9.59 Å². The minimum absolute atomic E-state index is 0.118. The second-order valence-corrected chi connectivity index (χ2v) is 4.29. The fourth-order valence-electron chi connectivity index (χ4n) is 2.25. The molecule has 0 amide bonds. The van der Waals surface area contributed by atoms with E-state index in [4.69, 9.17) is 9.52 Å². The van der Waals surface area contributed by atoms with Crippen molar-refractivity contribution in [3.8, 4) is 0 Å². The van der Waals surface area contributed by atoms with Crippen LogP contribution >= 0.6 is 0 Å². The third-order valence-electron chi connectivity index (χ3n) is 3.23. The molecule has 2 aromatic rings. The minimum atomic E-state index is -1.16. The summed E-state index contributed by atoms with van der Waals surface area (Å²) in [5.74, 6) is -1.60. The zero-order valence-electron chi connectivity index (χ0n) is 9.42. The molecule has 3 rings (SSSR count). The van der Waals surface area contributed by atoms with Gasteiger partial charge in [0.05, 0.1) is 5.92 Å². The minimum Gasteiger partial charge on any atom is -0.475 e. The first-order valence-electron chi connectivity index (χ1n) is 5.62. The largest absolute Gasteiger partial charge is 0.475 e. The van der Waals surface area contributed by atoms with Crippen molar-refractivity contribution in [2.45, 2.75) is 12.3 Å². The molecule has 0 aliphatic heterocycles. The van der Waals surface area contributed by atoms with Gasteiger partial charge in [-0.1, -0.05) is 24.3 Å². The fraction of sp³-hybridized carbons (Fsp3) is 0.143. The molecule has 0 saturated carbocycles. The van der Waals surface area contributed by atoms with E-state index in [1.807, 2.05) is 24.3 Å². The Morgan fingerprint density at radius 1 is 1.11 bits per heavy atom. The van der Waals surface area contributed by atoms with Crippen molar-refractivity contribution in [1.29, 1.82) is 0 Å². The van der Waals surface area contributed by atoms with Crippen LogP contribution in [0.5, 0.6) is 0 Å². The fourth-order valence-corrected chi connectivity index (χ4v) is 2.25. The van der Waals surface area contributed by atoms with Gasteiger partial charge in [-0.05, 0) is 29.7 Å². The van der Waals surface area contributed by atoms with E-state index in [0.29, 0.717) is 6.42 Å². The molecule has 0 fully saturated rings. The highest BCUT2D eigenvalue weighted by atomic mass is 16.4. The van der Waals surface area contributed by atoms with E-state index < -0.39 is 5.97 Å². The topological polar surface area (TPSA) is 67.5 Å². The first-order valence-corrected chi connectivity index (χ1v) is 5.62. The number of carbonyl (C=O) groups excluding carboxylic acids is 1. The summed E-state index contributed by atoms with van der Waals surface area (Å²) in [5.41, 5.74) is 2.18. The molecule has 4 nitrogen and oxygen atoms in total. The van der Waals surface area contributed by atoms with Gasteiger partial charge in [0.1, 0.15) is 0 Å². The Morgan fingerprint density at radius 3 is 2.50 bits per heavy atom. The van der Waals surface area contributed by atoms with Crippen LogP contribution in [0.2, 0.25) is 0 Å². The highest BCUT2D eigenvalue weighted by Crippen LogP contribution is 2.37. The number of ketones is 1. The van der Waals surface area contributed by atoms with Crippen molar-refractivity contribution in [2.75, 3.05) is 0 Å². The maximum Gasteiger partial charge on any atom is 0.371 e. The number of carboxylic acids is 1. The maximum absolute atomic E-state index is 12.1. The van der Waals surface area contributed by atoms with Crippen LogP contribution in [0.3, 0.4) is 0 Å². The van der Waals surface area contributed by atoms with E-state index in [1.165, 1.54) is 17.7 Å². The molecule has 1 unspecified atom stereocenters. The zero-order valence-corrected chi connectivity index (χ0v) is 9.42. The Kier molecular flexibility index (Phi) is 2.30. The smallest absolute Gasteiger partial charge is 0.371 e. The van der Waals surface area contributed by atoms with E-state index in [1.54, 1.807) is 0 Å². The van der Waals surface area contributed by atoms with Gasteiger partial charge in [-0.15, -0.1) is 0 Å². The van der Waals surface area contributed by atoms with Crippen molar-refractivity contribution < 1.29 is 19.1 Å². The van der Waals surface area contributed by atoms with E-state index >= 15 is 0 Å². The molecule has 1 aliphatic carbocycles. The lowest BCUT2D eigenvalue weighted by atomic mass is 9.75. The van der Waals surface area contributed by atoms with Gasteiger partial charge in [0, 0.05) is 0 Å². The van der Waals surface area contributed by atoms with Crippen LogP contribution < -0.4 is 0 Å². The Labute approximate surface area is 103 Å². The van der Waals surface area contributed by atoms with E-state index in [2.05, 4.69) is 0 Å². The molecular formula is C14H10O4. The molecule has 0 saturated heterocycles. The highest BCUT2D eigenvalue weighted by Gasteiger charge is 2.34. The van der Waals surface area contributed by atoms with Gasteiger partial charge in [0.25, 0.3) is 0 Å². The predicted molar refractivity (Wildman–Crippen MR) is 62.9 cm³/mol. The Bertz CT molecular complexity index is 639. The lowest BCUT2D eigenvalue weighted by Gasteiger charge is -2.27. The molecule has 1 aromatic heterocycles. The van der Waals surface area contributed by atoms with Crippen molar-refractivity contribution in [1.82, 2.24) is 0 Å². The third-order valence-corrected chi connectivity index (χ3v) is 3.23. The van der Waals surface area contributed by atoms with E-state index in [0.717, 1.165) is 5.56 Å². The average Bonchev–Trinajstić information content (AvgIpc) is 2.80. The van der Waals surface area contributed by atoms with Gasteiger partial charge in [-0.2, -0.15) is 0 Å². The molecule has 1 atom stereocenters. The number of furan rings is 1. The van der Waals surface area contributed by atoms with Crippen molar-refractivity contribution >= 4 is 11.8 Å². The standard InChI is InChI=1S/C14H10O4/c15-13(11-5-6-12(18-11)14(16)17)10-7-8-3-1-2-4-9(8)10/h1-6,10H,7H2,(H,16,17). The second-order valence-electron chi connectivity index (χ2n) is 4.29. The summed E-state index contributed by atoms with van der Waals surface area (Å²) in [6, 6.07) is 10.5. The molecule has 0 bridgehead atoms. The van der Waals surface area contributed by atoms with Crippen molar-refractivity contribution in [3.05, 3.63) is 59.0 Å². The lowest BCUT2D eigenvalue weighted by Crippen LogP contribution is -2.24. The van der Waals surface area contributed by atoms with Crippen LogP contribution in [-0.2, 0) is 6.42 Å². The number of rotatable bonds is 3. The Balaban J connectivity index is 1.86. The van der Waals surface area contributed by atoms with Gasteiger partial charge in [-0.25, -0.2) is 4.79 Å². The van der Waals surface area contributed by atoms with Crippen LogP contribution in [0, 0.1) is 0 Å². The van der Waals surface area contributed by atoms with Gasteiger partial charge < -0.3 is 9.52 Å². The Hall–Kier alpha value is -2.36. The van der Waals surface area contributed by atoms with Crippen LogP contribution in [0.15, 0.2) is 40.8 Å². The van der Waals surface area contributed by atoms with Gasteiger partial charge in [0.15, 0.2) is 5.76 Å². The number of carbonyl (C=O) groups is 2. The molecule has 4 heteroatoms. The molecule has 1 aromatic carbocycles. The van der Waals surface area contributed by atoms with Gasteiger partial charge in [-0.3, -0.25) is 4.79 Å². The first-order chi connectivity index (χ1) is 8.66. The molecule has 0 spiro atoms. The number of hydrogen-bond donors (Lipinski definition) is 1. The monoisotopic (exact) mass is 242 g/mol. The highest BCUT2D eigenvalue weighted by molar-refractivity contribution is 6.01. The summed E-state index contributed by atoms with van der Waals surface area (Å²) in [5, 5.41) is 8.74. The average molecular weight is 242 g/mol. The lowest BCUT2D eigenvalue weighted by molar-refractivity contribution is 0.0659. The van der Waals surface area contributed by atoms with Crippen LogP contribution in [-0.4, -0.2) is 16.9 Å². The number of Topliss-reactive ketones (excluding diaryl/α,β-unsaturated/α-hetero) is 1. The summed E-state index contributed by atoms with van der Waals surface area (Å²) >= 11 is 0. The number of aromatic carboxylic acids is 1. The number of hydrogen-bond acceptors (Lipinski definition) is 3. The molecule has 1 N–H and O–H groups in total. The quantitative estimate of drug-likeness (QED) is 0.839. The Morgan fingerprint density at radius 2 is 1.83 bits per heavy atom. The number of fused-ring (bicyclic) bond motifs is 1. The summed E-state index contributed by atoms with van der Waals surface area (Å²) in [4.78, 5) is 22.8. The summed E-state index contributed by atoms with van der Waals surface area (Å²) in [6.45, 7) is 0. The van der Waals surface area contributed by atoms with E-state index in [-0.39, 0.29) is 23.2 Å². The zero-order chi connectivity index (χ0) is 12.7. The van der Waals surface area contributed by atoms with Crippen LogP contribution in [0.25, 0.3) is 0 Å². The summed E-state index contributed by atoms with van der Waals surface area (Å²) in [6.07, 6.45) is 0.693. The van der Waals surface area contributed by atoms with Gasteiger partial charge >= 0.3 is 5.97 Å². The van der Waals surface area contributed by atoms with Gasteiger partial charge in [0.2, 0.25) is 11.5 Å².